The van der Waals surface area contributed by atoms with Gasteiger partial charge in [-0.1, -0.05) is 12.1 Å². The third kappa shape index (κ3) is 3.86. The first-order chi connectivity index (χ1) is 12.6. The Hall–Kier alpha value is -2.85. The minimum absolute atomic E-state index is 0.0453. The zero-order valence-electron chi connectivity index (χ0n) is 14.7. The van der Waals surface area contributed by atoms with Crippen LogP contribution in [0.2, 0.25) is 0 Å². The first-order valence-corrected chi connectivity index (χ1v) is 8.78. The number of ether oxygens (including phenoxy) is 1. The van der Waals surface area contributed by atoms with E-state index in [1.165, 1.54) is 0 Å². The van der Waals surface area contributed by atoms with Crippen LogP contribution in [0.1, 0.15) is 25.6 Å². The number of H-pyrrole nitrogens is 1. The second kappa shape index (κ2) is 8.02. The number of aromatic nitrogens is 2. The van der Waals surface area contributed by atoms with E-state index in [0.717, 1.165) is 30.4 Å². The number of hydrogen-bond acceptors (Lipinski definition) is 6. The second-order valence-electron chi connectivity index (χ2n) is 6.36. The van der Waals surface area contributed by atoms with E-state index >= 15 is 0 Å². The molecule has 1 atom stereocenters. The average Bonchev–Trinajstić information content (AvgIpc) is 3.06. The Morgan fingerprint density at radius 3 is 3.04 bits per heavy atom. The summed E-state index contributed by atoms with van der Waals surface area (Å²) in [6, 6.07) is 9.50. The lowest BCUT2D eigenvalue weighted by atomic mass is 9.98. The van der Waals surface area contributed by atoms with Gasteiger partial charge in [-0.2, -0.15) is 5.26 Å². The highest BCUT2D eigenvalue weighted by Crippen LogP contribution is 2.22. The number of nitriles is 1. The Morgan fingerprint density at radius 1 is 1.50 bits per heavy atom. The molecule has 1 aromatic carbocycles. The van der Waals surface area contributed by atoms with Gasteiger partial charge in [-0.3, -0.25) is 9.69 Å². The van der Waals surface area contributed by atoms with Crippen LogP contribution < -0.4 is 0 Å². The van der Waals surface area contributed by atoms with Crippen molar-refractivity contribution in [2.24, 2.45) is 5.92 Å². The fourth-order valence-corrected chi connectivity index (χ4v) is 3.27. The van der Waals surface area contributed by atoms with Crippen molar-refractivity contribution in [3.05, 3.63) is 35.8 Å². The van der Waals surface area contributed by atoms with Gasteiger partial charge in [-0.15, -0.1) is 0 Å². The fraction of sp³-hybridized carbons (Fsp3) is 0.421. The summed E-state index contributed by atoms with van der Waals surface area (Å²) in [4.78, 5) is 21.4. The van der Waals surface area contributed by atoms with Crippen molar-refractivity contribution in [1.29, 1.82) is 5.26 Å². The van der Waals surface area contributed by atoms with Gasteiger partial charge in [0.1, 0.15) is 17.4 Å². The number of likely N-dealkylation sites (tertiary alicyclic amines) is 1. The van der Waals surface area contributed by atoms with Crippen LogP contribution in [0.5, 0.6) is 0 Å². The summed E-state index contributed by atoms with van der Waals surface area (Å²) in [5.41, 5.74) is 1.67. The average molecular weight is 354 g/mol. The summed E-state index contributed by atoms with van der Waals surface area (Å²) in [6.45, 7) is 3.64. The normalized spacial score (nSPS) is 19.0. The number of benzene rings is 1. The van der Waals surface area contributed by atoms with E-state index in [4.69, 9.17) is 4.74 Å². The molecular formula is C19H22N4O3. The number of esters is 1. The number of carbonyl (C=O) groups excluding carboxylic acids is 1. The van der Waals surface area contributed by atoms with Gasteiger partial charge < -0.3 is 14.8 Å². The smallest absolute Gasteiger partial charge is 0.310 e. The number of allylic oxidation sites excluding steroid dienone is 1. The number of carbonyl (C=O) groups is 1. The predicted octanol–water partition coefficient (Wildman–Crippen LogP) is 2.63. The van der Waals surface area contributed by atoms with Crippen LogP contribution in [0.15, 0.2) is 30.0 Å². The van der Waals surface area contributed by atoms with E-state index in [1.807, 2.05) is 35.2 Å². The molecule has 1 aromatic heterocycles. The monoisotopic (exact) mass is 354 g/mol. The number of fused-ring (bicyclic) bond motifs is 1. The van der Waals surface area contributed by atoms with Gasteiger partial charge in [0.15, 0.2) is 5.82 Å². The molecule has 0 spiro atoms. The van der Waals surface area contributed by atoms with E-state index in [2.05, 4.69) is 9.97 Å². The third-order valence-corrected chi connectivity index (χ3v) is 4.53. The Balaban J connectivity index is 1.76. The Bertz CT molecular complexity index is 832. The zero-order valence-corrected chi connectivity index (χ0v) is 14.7. The number of rotatable bonds is 5. The molecule has 0 amide bonds. The van der Waals surface area contributed by atoms with Crippen LogP contribution in [-0.2, 0) is 9.53 Å². The molecule has 2 aromatic rings. The number of piperidine rings is 1. The maximum absolute atomic E-state index is 11.9. The zero-order chi connectivity index (χ0) is 18.5. The first-order valence-electron chi connectivity index (χ1n) is 8.78. The van der Waals surface area contributed by atoms with Gasteiger partial charge >= 0.3 is 5.97 Å². The summed E-state index contributed by atoms with van der Waals surface area (Å²) in [6.07, 6.45) is 1.64. The Kier molecular flexibility index (Phi) is 5.54. The molecule has 0 radical (unpaired) electrons. The molecule has 1 aliphatic heterocycles. The van der Waals surface area contributed by atoms with Gasteiger partial charge in [0.2, 0.25) is 0 Å². The lowest BCUT2D eigenvalue weighted by Crippen LogP contribution is -2.40. The topological polar surface area (TPSA) is 102 Å². The van der Waals surface area contributed by atoms with Gasteiger partial charge in [0, 0.05) is 6.54 Å². The number of aliphatic hydroxyl groups excluding tert-OH is 1. The van der Waals surface area contributed by atoms with Crippen LogP contribution in [0.4, 0.5) is 0 Å². The van der Waals surface area contributed by atoms with Crippen LogP contribution >= 0.6 is 0 Å². The number of nitrogens with zero attached hydrogens (tertiary/aromatic N) is 3. The highest BCUT2D eigenvalue weighted by Gasteiger charge is 2.28. The molecule has 2 heterocycles. The van der Waals surface area contributed by atoms with Crippen molar-refractivity contribution in [3.8, 4) is 6.07 Å². The number of aliphatic hydroxyl groups is 1. The van der Waals surface area contributed by atoms with Crippen molar-refractivity contribution in [1.82, 2.24) is 14.9 Å². The third-order valence-electron chi connectivity index (χ3n) is 4.53. The highest BCUT2D eigenvalue weighted by atomic mass is 16.5. The summed E-state index contributed by atoms with van der Waals surface area (Å²) in [7, 11) is 0. The first kappa shape index (κ1) is 18.0. The molecule has 0 bridgehead atoms. The van der Waals surface area contributed by atoms with Gasteiger partial charge in [0.25, 0.3) is 0 Å². The van der Waals surface area contributed by atoms with Crippen LogP contribution in [0, 0.1) is 17.2 Å². The standard InChI is InChI=1S/C19H22N4O3/c1-2-26-19(25)13-6-5-9-23(11-13)12-17(24)14(10-20)18-21-15-7-3-4-8-16(15)22-18/h3-4,7-8,13,24H,2,5-6,9,11-12H2,1H3,(H,21,22)/b17-14-/t13-/m0/s1. The second-order valence-corrected chi connectivity index (χ2v) is 6.36. The molecule has 1 fully saturated rings. The molecule has 3 rings (SSSR count). The van der Waals surface area contributed by atoms with E-state index < -0.39 is 0 Å². The molecule has 1 aliphatic rings. The van der Waals surface area contributed by atoms with E-state index in [1.54, 1.807) is 6.92 Å². The van der Waals surface area contributed by atoms with Crippen LogP contribution in [-0.4, -0.2) is 52.2 Å². The summed E-state index contributed by atoms with van der Waals surface area (Å²) < 4.78 is 5.10. The molecule has 7 nitrogen and oxygen atoms in total. The maximum Gasteiger partial charge on any atom is 0.310 e. The predicted molar refractivity (Wildman–Crippen MR) is 97.1 cm³/mol. The van der Waals surface area contributed by atoms with E-state index in [-0.39, 0.29) is 29.8 Å². The van der Waals surface area contributed by atoms with Crippen molar-refractivity contribution in [2.45, 2.75) is 19.8 Å². The highest BCUT2D eigenvalue weighted by molar-refractivity contribution is 5.82. The number of imidazole rings is 1. The lowest BCUT2D eigenvalue weighted by molar-refractivity contribution is -0.149. The lowest BCUT2D eigenvalue weighted by Gasteiger charge is -2.31. The van der Waals surface area contributed by atoms with Gasteiger partial charge in [-0.25, -0.2) is 4.98 Å². The number of para-hydroxylation sites is 2. The minimum atomic E-state index is -0.196. The molecular weight excluding hydrogens is 332 g/mol. The maximum atomic E-state index is 11.9. The van der Waals surface area contributed by atoms with Crippen LogP contribution in [0.25, 0.3) is 16.6 Å². The Morgan fingerprint density at radius 2 is 2.31 bits per heavy atom. The molecule has 7 heteroatoms. The summed E-state index contributed by atoms with van der Waals surface area (Å²) in [5, 5.41) is 20.0. The van der Waals surface area contributed by atoms with Crippen molar-refractivity contribution < 1.29 is 14.6 Å². The summed E-state index contributed by atoms with van der Waals surface area (Å²) in [5.74, 6) is -0.0760. The number of nitrogens with one attached hydrogen (secondary N) is 1. The molecule has 0 unspecified atom stereocenters. The van der Waals surface area contributed by atoms with E-state index in [9.17, 15) is 15.2 Å². The quantitative estimate of drug-likeness (QED) is 0.486. The number of hydrogen-bond donors (Lipinski definition) is 2. The molecule has 136 valence electrons. The minimum Gasteiger partial charge on any atom is -0.509 e. The fourth-order valence-electron chi connectivity index (χ4n) is 3.27. The molecule has 0 aliphatic carbocycles. The van der Waals surface area contributed by atoms with Crippen molar-refractivity contribution in [2.75, 3.05) is 26.2 Å². The van der Waals surface area contributed by atoms with Crippen LogP contribution in [0.3, 0.4) is 0 Å². The summed E-state index contributed by atoms with van der Waals surface area (Å²) >= 11 is 0. The SMILES string of the molecule is CCOC(=O)[C@H]1CCCN(C/C(O)=C(\C#N)c2nc3ccccc3[nH]2)C1. The number of aromatic amines is 1. The van der Waals surface area contributed by atoms with Crippen molar-refractivity contribution >= 4 is 22.6 Å². The van der Waals surface area contributed by atoms with Gasteiger partial charge in [-0.05, 0) is 38.4 Å². The Labute approximate surface area is 151 Å². The molecule has 1 saturated heterocycles. The molecule has 0 saturated carbocycles. The largest absolute Gasteiger partial charge is 0.509 e. The van der Waals surface area contributed by atoms with Crippen molar-refractivity contribution in [3.63, 3.8) is 0 Å². The molecule has 26 heavy (non-hydrogen) atoms. The van der Waals surface area contributed by atoms with E-state index in [0.29, 0.717) is 19.0 Å². The molecule has 2 N–H and O–H groups in total. The van der Waals surface area contributed by atoms with Gasteiger partial charge in [0.05, 0.1) is 30.1 Å².